The van der Waals surface area contributed by atoms with E-state index in [0.717, 1.165) is 24.8 Å². The van der Waals surface area contributed by atoms with Crippen LogP contribution in [0.3, 0.4) is 0 Å². The Labute approximate surface area is 202 Å². The third-order valence-electron chi connectivity index (χ3n) is 5.90. The number of ether oxygens (including phenoxy) is 1. The molecule has 0 spiro atoms. The van der Waals surface area contributed by atoms with Crippen molar-refractivity contribution in [3.8, 4) is 5.75 Å². The number of hydrogen-bond acceptors (Lipinski definition) is 5. The van der Waals surface area contributed by atoms with Crippen LogP contribution in [0.5, 0.6) is 5.75 Å². The van der Waals surface area contributed by atoms with Crippen molar-refractivity contribution in [2.24, 2.45) is 11.7 Å². The molecule has 1 aliphatic rings. The zero-order valence-electron chi connectivity index (χ0n) is 18.7. The van der Waals surface area contributed by atoms with E-state index in [4.69, 9.17) is 5.73 Å². The number of nitrogens with zero attached hydrogens (tertiary/aromatic N) is 1. The highest BCUT2D eigenvalue weighted by Crippen LogP contribution is 2.32. The maximum absolute atomic E-state index is 12.9. The summed E-state index contributed by atoms with van der Waals surface area (Å²) in [6.07, 6.45) is -2.08. The number of anilines is 2. The third kappa shape index (κ3) is 6.66. The summed E-state index contributed by atoms with van der Waals surface area (Å²) in [5.41, 5.74) is 7.86. The molecule has 2 amide bonds. The lowest BCUT2D eigenvalue weighted by Crippen LogP contribution is -2.34. The predicted molar refractivity (Wildman–Crippen MR) is 128 cm³/mol. The van der Waals surface area contributed by atoms with Crippen molar-refractivity contribution in [3.63, 3.8) is 0 Å². The molecule has 1 fully saturated rings. The van der Waals surface area contributed by atoms with Crippen molar-refractivity contribution in [1.82, 2.24) is 0 Å². The average molecular weight is 496 g/mol. The summed E-state index contributed by atoms with van der Waals surface area (Å²) >= 11 is 4.13. The van der Waals surface area contributed by atoms with Gasteiger partial charge in [-0.15, -0.1) is 13.2 Å². The van der Waals surface area contributed by atoms with Crippen molar-refractivity contribution in [3.05, 3.63) is 54.1 Å². The average Bonchev–Trinajstić information content (AvgIpc) is 3.21. The molecule has 1 aliphatic carbocycles. The van der Waals surface area contributed by atoms with Crippen LogP contribution in [0.1, 0.15) is 44.2 Å². The van der Waals surface area contributed by atoms with Crippen LogP contribution in [-0.2, 0) is 9.59 Å². The van der Waals surface area contributed by atoms with E-state index in [1.54, 1.807) is 24.3 Å². The summed E-state index contributed by atoms with van der Waals surface area (Å²) in [6, 6.07) is 11.7. The number of nitrogens with one attached hydrogen (secondary N) is 1. The van der Waals surface area contributed by atoms with Gasteiger partial charge in [0.05, 0.1) is 12.0 Å². The molecule has 3 atom stereocenters. The van der Waals surface area contributed by atoms with E-state index in [1.807, 2.05) is 6.92 Å². The van der Waals surface area contributed by atoms with Gasteiger partial charge in [0, 0.05) is 23.8 Å². The minimum absolute atomic E-state index is 0.0995. The molecule has 3 N–H and O–H groups in total. The Morgan fingerprint density at radius 3 is 2.32 bits per heavy atom. The predicted octanol–water partition coefficient (Wildman–Crippen LogP) is 5.07. The lowest BCUT2D eigenvalue weighted by Gasteiger charge is -2.30. The van der Waals surface area contributed by atoms with E-state index >= 15 is 0 Å². The fourth-order valence-electron chi connectivity index (χ4n) is 4.15. The van der Waals surface area contributed by atoms with E-state index in [2.05, 4.69) is 22.7 Å². The van der Waals surface area contributed by atoms with Gasteiger partial charge in [-0.25, -0.2) is 0 Å². The van der Waals surface area contributed by atoms with Gasteiger partial charge in [-0.05, 0) is 67.5 Å². The van der Waals surface area contributed by atoms with Gasteiger partial charge in [-0.3, -0.25) is 9.59 Å². The van der Waals surface area contributed by atoms with Crippen molar-refractivity contribution in [2.75, 3.05) is 16.0 Å². The van der Waals surface area contributed by atoms with Gasteiger partial charge >= 0.3 is 6.36 Å². The molecule has 6 nitrogen and oxygen atoms in total. The van der Waals surface area contributed by atoms with Gasteiger partial charge in [0.1, 0.15) is 5.75 Å². The van der Waals surface area contributed by atoms with Crippen LogP contribution in [0, 0.1) is 5.92 Å². The smallest absolute Gasteiger partial charge is 0.406 e. The third-order valence-corrected chi connectivity index (χ3v) is 6.12. The van der Waals surface area contributed by atoms with Gasteiger partial charge in [0.2, 0.25) is 11.8 Å². The Kier molecular flexibility index (Phi) is 8.48. The summed E-state index contributed by atoms with van der Waals surface area (Å²) in [5, 5.41) is 2.89. The Morgan fingerprint density at radius 1 is 1.15 bits per heavy atom. The molecule has 0 heterocycles. The molecule has 2 aromatic carbocycles. The molecule has 2 aromatic rings. The Bertz CT molecular complexity index is 984. The van der Waals surface area contributed by atoms with Crippen LogP contribution < -0.4 is 20.7 Å². The zero-order valence-corrected chi connectivity index (χ0v) is 19.6. The van der Waals surface area contributed by atoms with Crippen molar-refractivity contribution < 1.29 is 27.5 Å². The van der Waals surface area contributed by atoms with E-state index in [0.29, 0.717) is 17.1 Å². The topological polar surface area (TPSA) is 84.7 Å². The highest BCUT2D eigenvalue weighted by atomic mass is 32.1. The van der Waals surface area contributed by atoms with Crippen molar-refractivity contribution in [1.29, 1.82) is 0 Å². The number of rotatable bonds is 8. The van der Waals surface area contributed by atoms with Crippen LogP contribution in [0.15, 0.2) is 48.5 Å². The molecule has 0 aliphatic heterocycles. The molecule has 3 rings (SSSR count). The molecule has 34 heavy (non-hydrogen) atoms. The second-order valence-electron chi connectivity index (χ2n) is 8.27. The first kappa shape index (κ1) is 25.9. The van der Waals surface area contributed by atoms with Crippen LogP contribution >= 0.6 is 12.6 Å². The highest BCUT2D eigenvalue weighted by Gasteiger charge is 2.32. The molecule has 0 unspecified atom stereocenters. The fraction of sp³-hybridized carbons (Fsp3) is 0.417. The van der Waals surface area contributed by atoms with Crippen LogP contribution in [0.2, 0.25) is 0 Å². The van der Waals surface area contributed by atoms with Gasteiger partial charge in [-0.1, -0.05) is 18.6 Å². The van der Waals surface area contributed by atoms with E-state index in [-0.39, 0.29) is 35.9 Å². The van der Waals surface area contributed by atoms with Gasteiger partial charge in [0.25, 0.3) is 0 Å². The maximum Gasteiger partial charge on any atom is 0.573 e. The first-order valence-corrected chi connectivity index (χ1v) is 11.7. The summed E-state index contributed by atoms with van der Waals surface area (Å²) in [7, 11) is 0. The maximum atomic E-state index is 12.9. The first-order valence-electron chi connectivity index (χ1n) is 11.0. The first-order chi connectivity index (χ1) is 16.1. The minimum Gasteiger partial charge on any atom is -0.406 e. The monoisotopic (exact) mass is 495 g/mol. The molecule has 10 heteroatoms. The number of carbonyl (C=O) groups is 2. The van der Waals surface area contributed by atoms with E-state index < -0.39 is 12.4 Å². The van der Waals surface area contributed by atoms with Crippen LogP contribution in [0.25, 0.3) is 0 Å². The Balaban J connectivity index is 1.76. The Hall–Kier alpha value is -2.72. The summed E-state index contributed by atoms with van der Waals surface area (Å²) in [5.74, 6) is -0.562. The normalized spacial score (nSPS) is 18.9. The second-order valence-corrected chi connectivity index (χ2v) is 8.71. The lowest BCUT2D eigenvalue weighted by molar-refractivity contribution is -0.274. The van der Waals surface area contributed by atoms with Crippen LogP contribution in [-0.4, -0.2) is 30.0 Å². The minimum atomic E-state index is -4.80. The summed E-state index contributed by atoms with van der Waals surface area (Å²) in [4.78, 5) is 26.9. The lowest BCUT2D eigenvalue weighted by atomic mass is 10.0. The number of nitrogens with two attached hydrogens (primary N) is 1. The van der Waals surface area contributed by atoms with Crippen molar-refractivity contribution in [2.45, 2.75) is 51.1 Å². The molecule has 0 saturated heterocycles. The molecule has 184 valence electrons. The number of carbonyl (C=O) groups excluding carboxylic acids is 2. The second kappa shape index (κ2) is 11.1. The number of amides is 2. The number of alkyl halides is 3. The van der Waals surface area contributed by atoms with Crippen LogP contribution in [0.4, 0.5) is 24.5 Å². The molecular weight excluding hydrogens is 467 g/mol. The van der Waals surface area contributed by atoms with Gasteiger partial charge in [0.15, 0.2) is 0 Å². The van der Waals surface area contributed by atoms with E-state index in [9.17, 15) is 22.8 Å². The summed E-state index contributed by atoms with van der Waals surface area (Å²) < 4.78 is 41.3. The Morgan fingerprint density at radius 2 is 1.79 bits per heavy atom. The standard InChI is InChI=1S/C24H28F3N3O3S/c1-15(16-5-7-17(8-6-16)29-23(32)20-3-2-4-21(20)28)30(22(31)13-14-34)18-9-11-19(12-10-18)33-24(25,26)27/h5-12,15,20-21,34H,2-4,13-14,28H2,1H3,(H,29,32)/t15-,20-,21-/m1/s1. The van der Waals surface area contributed by atoms with Gasteiger partial charge < -0.3 is 20.7 Å². The SMILES string of the molecule is C[C@H](c1ccc(NC(=O)[C@@H]2CCC[C@H]2N)cc1)N(C(=O)CCS)c1ccc(OC(F)(F)F)cc1. The number of halogens is 3. The van der Waals surface area contributed by atoms with Gasteiger partial charge in [-0.2, -0.15) is 12.6 Å². The number of thiol groups is 1. The fourth-order valence-corrected chi connectivity index (χ4v) is 4.34. The molecule has 0 bridgehead atoms. The molecule has 0 aromatic heterocycles. The number of hydrogen-bond donors (Lipinski definition) is 3. The number of benzene rings is 2. The largest absolute Gasteiger partial charge is 0.573 e. The van der Waals surface area contributed by atoms with Crippen molar-refractivity contribution >= 4 is 35.8 Å². The highest BCUT2D eigenvalue weighted by molar-refractivity contribution is 7.80. The molecule has 0 radical (unpaired) electrons. The quantitative estimate of drug-likeness (QED) is 0.447. The summed E-state index contributed by atoms with van der Waals surface area (Å²) in [6.45, 7) is 1.82. The zero-order chi connectivity index (χ0) is 24.9. The molecule has 1 saturated carbocycles. The van der Waals surface area contributed by atoms with E-state index in [1.165, 1.54) is 29.2 Å². The molecular formula is C24H28F3N3O3S.